The second-order valence-corrected chi connectivity index (χ2v) is 0.289. The predicted molar refractivity (Wildman–Crippen MR) is 16.3 cm³/mol. The Kier molecular flexibility index (Phi) is 53.8. The standard InChI is InChI=1S/C2H5O.Ba.ClH/c1-2-3;;/h2H2,1H3;;1H/q-1;+2;/p-1. The van der Waals surface area contributed by atoms with E-state index in [-0.39, 0.29) is 67.9 Å². The van der Waals surface area contributed by atoms with Gasteiger partial charge in [-0.1, -0.05) is 6.92 Å². The van der Waals surface area contributed by atoms with Gasteiger partial charge in [0.15, 0.2) is 0 Å². The summed E-state index contributed by atoms with van der Waals surface area (Å²) < 4.78 is 0. The number of rotatable bonds is 0. The fourth-order valence-electron chi connectivity index (χ4n) is 0. The first-order chi connectivity index (χ1) is 1.41. The molecule has 0 fully saturated rings. The Hall–Kier alpha value is 1.82. The van der Waals surface area contributed by atoms with Crippen molar-refractivity contribution in [3.63, 3.8) is 0 Å². The monoisotopic (exact) mass is 218 g/mol. The van der Waals surface area contributed by atoms with Crippen LogP contribution in [0.25, 0.3) is 0 Å². The van der Waals surface area contributed by atoms with Gasteiger partial charge in [-0.3, -0.25) is 0 Å². The van der Waals surface area contributed by atoms with Gasteiger partial charge in [0.1, 0.15) is 0 Å². The molecule has 0 rings (SSSR count). The first-order valence-corrected chi connectivity index (χ1v) is 0.996. The molecule has 5 heavy (non-hydrogen) atoms. The van der Waals surface area contributed by atoms with Crippen LogP contribution < -0.4 is 17.5 Å². The fraction of sp³-hybridized carbons (Fsp3) is 1.00. The van der Waals surface area contributed by atoms with Crippen molar-refractivity contribution < 1.29 is 17.5 Å². The molecule has 0 bridgehead atoms. The molecule has 0 aromatic rings. The van der Waals surface area contributed by atoms with Crippen LogP contribution in [0.2, 0.25) is 0 Å². The van der Waals surface area contributed by atoms with Crippen LogP contribution >= 0.6 is 0 Å². The largest absolute Gasteiger partial charge is 2.00 e. The van der Waals surface area contributed by atoms with Crippen LogP contribution in [-0.4, -0.2) is 55.5 Å². The van der Waals surface area contributed by atoms with E-state index in [1.165, 1.54) is 0 Å². The second-order valence-electron chi connectivity index (χ2n) is 0.289. The SMILES string of the molecule is CC[O-].[Ba+2].[Cl-]. The van der Waals surface area contributed by atoms with E-state index in [4.69, 9.17) is 5.11 Å². The number of hydrogen-bond acceptors (Lipinski definition) is 1. The summed E-state index contributed by atoms with van der Waals surface area (Å²) in [6, 6.07) is 0. The molecule has 0 aromatic heterocycles. The number of hydrogen-bond donors (Lipinski definition) is 0. The summed E-state index contributed by atoms with van der Waals surface area (Å²) in [5.41, 5.74) is 0. The van der Waals surface area contributed by atoms with Crippen molar-refractivity contribution in [2.24, 2.45) is 0 Å². The zero-order valence-electron chi connectivity index (χ0n) is 3.20. The van der Waals surface area contributed by atoms with Crippen molar-refractivity contribution >= 4 is 48.9 Å². The maximum Gasteiger partial charge on any atom is 2.00 e. The van der Waals surface area contributed by atoms with Crippen molar-refractivity contribution in [1.82, 2.24) is 0 Å². The Morgan fingerprint density at radius 2 is 1.60 bits per heavy atom. The van der Waals surface area contributed by atoms with Crippen molar-refractivity contribution in [1.29, 1.82) is 0 Å². The minimum Gasteiger partial charge on any atom is -1.00 e. The maximum absolute atomic E-state index is 8.93. The molecule has 0 saturated carbocycles. The summed E-state index contributed by atoms with van der Waals surface area (Å²) in [6.07, 6.45) is 0. The topological polar surface area (TPSA) is 23.1 Å². The van der Waals surface area contributed by atoms with Crippen molar-refractivity contribution in [3.05, 3.63) is 0 Å². The average molecular weight is 218 g/mol. The molecule has 0 saturated heterocycles. The first kappa shape index (κ1) is 15.8. The molecule has 0 N–H and O–H groups in total. The van der Waals surface area contributed by atoms with E-state index >= 15 is 0 Å². The first-order valence-electron chi connectivity index (χ1n) is 0.996. The molecule has 0 atom stereocenters. The molecule has 0 heterocycles. The minimum atomic E-state index is 0. The van der Waals surface area contributed by atoms with Crippen molar-refractivity contribution in [2.45, 2.75) is 6.92 Å². The summed E-state index contributed by atoms with van der Waals surface area (Å²) in [4.78, 5) is 0. The van der Waals surface area contributed by atoms with E-state index in [9.17, 15) is 0 Å². The molecule has 0 aliphatic rings. The van der Waals surface area contributed by atoms with Crippen molar-refractivity contribution in [3.8, 4) is 0 Å². The van der Waals surface area contributed by atoms with Gasteiger partial charge in [0.05, 0.1) is 0 Å². The van der Waals surface area contributed by atoms with Gasteiger partial charge in [-0.05, 0) is 0 Å². The normalized spacial score (nSPS) is 3.60. The molecule has 0 aliphatic heterocycles. The van der Waals surface area contributed by atoms with Gasteiger partial charge in [0, 0.05) is 0 Å². The molecular weight excluding hydrogens is 213 g/mol. The van der Waals surface area contributed by atoms with Gasteiger partial charge >= 0.3 is 48.9 Å². The molecule has 0 aromatic carbocycles. The van der Waals surface area contributed by atoms with Gasteiger partial charge in [0.2, 0.25) is 0 Å². The van der Waals surface area contributed by atoms with Gasteiger partial charge in [-0.25, -0.2) is 0 Å². The molecular formula is C2H5BaClO. The summed E-state index contributed by atoms with van der Waals surface area (Å²) >= 11 is 0. The smallest absolute Gasteiger partial charge is 1.00 e. The Bertz CT molecular complexity index is 9.61. The van der Waals surface area contributed by atoms with Crippen LogP contribution in [0.1, 0.15) is 6.92 Å². The molecule has 0 amide bonds. The molecule has 0 unspecified atom stereocenters. The molecule has 0 aliphatic carbocycles. The van der Waals surface area contributed by atoms with Crippen LogP contribution in [0.3, 0.4) is 0 Å². The van der Waals surface area contributed by atoms with Crippen LogP contribution in [0.5, 0.6) is 0 Å². The van der Waals surface area contributed by atoms with E-state index < -0.39 is 0 Å². The van der Waals surface area contributed by atoms with Gasteiger partial charge in [-0.15, -0.1) is 6.61 Å². The number of halogens is 1. The third-order valence-corrected chi connectivity index (χ3v) is 0. The third-order valence-electron chi connectivity index (χ3n) is 0. The Balaban J connectivity index is -0.0000000200. The quantitative estimate of drug-likeness (QED) is 0.380. The summed E-state index contributed by atoms with van der Waals surface area (Å²) in [5.74, 6) is 0. The summed E-state index contributed by atoms with van der Waals surface area (Å²) in [7, 11) is 0. The van der Waals surface area contributed by atoms with E-state index in [0.717, 1.165) is 0 Å². The maximum atomic E-state index is 8.93. The van der Waals surface area contributed by atoms with Gasteiger partial charge < -0.3 is 17.5 Å². The minimum absolute atomic E-state index is 0. The molecule has 0 radical (unpaired) electrons. The molecule has 0 spiro atoms. The van der Waals surface area contributed by atoms with Gasteiger partial charge in [0.25, 0.3) is 0 Å². The van der Waals surface area contributed by atoms with E-state index in [1.54, 1.807) is 6.92 Å². The molecule has 1 nitrogen and oxygen atoms in total. The van der Waals surface area contributed by atoms with Crippen LogP contribution in [0.4, 0.5) is 0 Å². The van der Waals surface area contributed by atoms with E-state index in [0.29, 0.717) is 0 Å². The van der Waals surface area contributed by atoms with Crippen LogP contribution in [0.15, 0.2) is 0 Å². The van der Waals surface area contributed by atoms with Crippen LogP contribution in [-0.2, 0) is 0 Å². The van der Waals surface area contributed by atoms with E-state index in [2.05, 4.69) is 0 Å². The second kappa shape index (κ2) is 17.0. The zero-order valence-corrected chi connectivity index (χ0v) is 8.40. The van der Waals surface area contributed by atoms with Crippen LogP contribution in [0, 0.1) is 0 Å². The molecule has 3 heteroatoms. The fourth-order valence-corrected chi connectivity index (χ4v) is 0. The third kappa shape index (κ3) is 25.6. The predicted octanol–water partition coefficient (Wildman–Crippen LogP) is -4.01. The Morgan fingerprint density at radius 1 is 1.60 bits per heavy atom. The summed E-state index contributed by atoms with van der Waals surface area (Å²) in [6.45, 7) is 1.57. The van der Waals surface area contributed by atoms with Gasteiger partial charge in [-0.2, -0.15) is 0 Å². The van der Waals surface area contributed by atoms with E-state index in [1.807, 2.05) is 0 Å². The molecule has 28 valence electrons. The Morgan fingerprint density at radius 3 is 1.60 bits per heavy atom. The Labute approximate surface area is 78.6 Å². The average Bonchev–Trinajstić information content (AvgIpc) is 0.918. The summed E-state index contributed by atoms with van der Waals surface area (Å²) in [5, 5.41) is 8.93. The van der Waals surface area contributed by atoms with Crippen molar-refractivity contribution in [2.75, 3.05) is 6.61 Å². The zero-order chi connectivity index (χ0) is 2.71.